The number of nitrogens with two attached hydrogens (primary N) is 1. The number of halogens is 1. The van der Waals surface area contributed by atoms with Crippen molar-refractivity contribution < 1.29 is 37.8 Å². The predicted octanol–water partition coefficient (Wildman–Crippen LogP) is 0.00790. The van der Waals surface area contributed by atoms with Gasteiger partial charge in [-0.1, -0.05) is 11.6 Å². The van der Waals surface area contributed by atoms with E-state index in [1.165, 1.54) is 16.4 Å². The fourth-order valence-corrected chi connectivity index (χ4v) is 4.30. The third kappa shape index (κ3) is 7.02. The van der Waals surface area contributed by atoms with Gasteiger partial charge in [0.2, 0.25) is 10.0 Å². The zero-order valence-electron chi connectivity index (χ0n) is 14.8. The lowest BCUT2D eigenvalue weighted by Crippen LogP contribution is -2.35. The Morgan fingerprint density at radius 3 is 2.63 bits per heavy atom. The van der Waals surface area contributed by atoms with E-state index in [0.29, 0.717) is 10.6 Å². The number of ether oxygens (including phenoxy) is 1. The molecule has 1 atom stereocenters. The van der Waals surface area contributed by atoms with Gasteiger partial charge in [0, 0.05) is 4.90 Å². The molecule has 3 N–H and O–H groups in total. The number of benzene rings is 1. The van der Waals surface area contributed by atoms with Crippen LogP contribution in [-0.4, -0.2) is 61.4 Å². The van der Waals surface area contributed by atoms with Crippen molar-refractivity contribution in [2.75, 3.05) is 31.7 Å². The van der Waals surface area contributed by atoms with Crippen molar-refractivity contribution >= 4 is 45.2 Å². The number of fused-ring (bicyclic) bond motifs is 1. The van der Waals surface area contributed by atoms with Crippen molar-refractivity contribution in [3.05, 3.63) is 37.4 Å². The van der Waals surface area contributed by atoms with E-state index in [2.05, 4.69) is 15.0 Å². The third-order valence-corrected chi connectivity index (χ3v) is 5.78. The summed E-state index contributed by atoms with van der Waals surface area (Å²) < 4.78 is 29.5. The molecular formula is C12H14ClN5O10S2. The molecular weight excluding hydrogens is 474 g/mol. The largest absolute Gasteiger partial charge is 0.462 e. The minimum absolute atomic E-state index is 0.0639. The summed E-state index contributed by atoms with van der Waals surface area (Å²) in [6, 6.07) is 2.63. The molecule has 0 unspecified atom stereocenters. The summed E-state index contributed by atoms with van der Waals surface area (Å²) in [6.07, 6.45) is -1.50. The molecule has 15 nitrogen and oxygen atoms in total. The smallest absolute Gasteiger partial charge is 0.321 e. The van der Waals surface area contributed by atoms with Gasteiger partial charge in [0.1, 0.15) is 24.7 Å². The quantitative estimate of drug-likeness (QED) is 0.193. The number of esters is 1. The van der Waals surface area contributed by atoms with Crippen LogP contribution in [0.2, 0.25) is 5.02 Å². The molecule has 1 heterocycles. The number of nitrogens with zero attached hydrogens (tertiary/aromatic N) is 3. The molecule has 166 valence electrons. The molecule has 30 heavy (non-hydrogen) atoms. The van der Waals surface area contributed by atoms with Gasteiger partial charge in [-0.2, -0.15) is 0 Å². The number of rotatable bonds is 10. The zero-order chi connectivity index (χ0) is 22.5. The van der Waals surface area contributed by atoms with Gasteiger partial charge in [-0.15, -0.1) is 20.2 Å². The van der Waals surface area contributed by atoms with Crippen molar-refractivity contribution in [3.8, 4) is 0 Å². The van der Waals surface area contributed by atoms with Gasteiger partial charge in [-0.05, 0) is 24.1 Å². The highest BCUT2D eigenvalue weighted by atomic mass is 35.5. The first kappa shape index (κ1) is 23.7. The van der Waals surface area contributed by atoms with Gasteiger partial charge in [0.25, 0.3) is 10.2 Å². The fourth-order valence-electron chi connectivity index (χ4n) is 2.15. The summed E-state index contributed by atoms with van der Waals surface area (Å²) in [4.78, 5) is 40.8. The van der Waals surface area contributed by atoms with Crippen molar-refractivity contribution in [1.82, 2.24) is 4.31 Å². The number of sulfonamides is 1. The van der Waals surface area contributed by atoms with Crippen LogP contribution in [0, 0.1) is 20.2 Å². The number of nitrogens with one attached hydrogen (secondary N) is 1. The Labute approximate surface area is 177 Å². The average Bonchev–Trinajstić information content (AvgIpc) is 2.62. The van der Waals surface area contributed by atoms with Gasteiger partial charge in [0.05, 0.1) is 17.4 Å². The summed E-state index contributed by atoms with van der Waals surface area (Å²) in [5.74, 6) is -0.827. The normalized spacial score (nSPS) is 14.7. The topological polar surface area (TPSA) is 206 Å². The lowest BCUT2D eigenvalue weighted by Gasteiger charge is -2.28. The molecule has 0 amide bonds. The minimum Gasteiger partial charge on any atom is -0.462 e. The molecule has 0 saturated heterocycles. The first-order valence-electron chi connectivity index (χ1n) is 7.73. The van der Waals surface area contributed by atoms with Crippen LogP contribution in [0.3, 0.4) is 0 Å². The Kier molecular flexibility index (Phi) is 7.84. The number of carbonyl (C=O) groups excluding carboxylic acids is 1. The van der Waals surface area contributed by atoms with E-state index < -0.39 is 45.5 Å². The average molecular weight is 488 g/mol. The van der Waals surface area contributed by atoms with E-state index in [1.54, 1.807) is 0 Å². The molecule has 0 fully saturated rings. The highest BCUT2D eigenvalue weighted by Gasteiger charge is 2.25. The van der Waals surface area contributed by atoms with Crippen LogP contribution in [0.25, 0.3) is 0 Å². The van der Waals surface area contributed by atoms with Gasteiger partial charge >= 0.3 is 5.97 Å². The van der Waals surface area contributed by atoms with Gasteiger partial charge in [0.15, 0.2) is 6.10 Å². The molecule has 18 heteroatoms. The predicted molar refractivity (Wildman–Crippen MR) is 99.7 cm³/mol. The Hall–Kier alpha value is -2.60. The lowest BCUT2D eigenvalue weighted by atomic mass is 10.3. The second kappa shape index (κ2) is 9.94. The maximum absolute atomic E-state index is 12.0. The number of carbonyl (C=O) groups is 1. The van der Waals surface area contributed by atoms with Crippen LogP contribution in [0.15, 0.2) is 21.9 Å². The maximum Gasteiger partial charge on any atom is 0.321 e. The van der Waals surface area contributed by atoms with Crippen LogP contribution in [0.5, 0.6) is 0 Å². The van der Waals surface area contributed by atoms with E-state index in [9.17, 15) is 33.4 Å². The Morgan fingerprint density at radius 2 is 2.03 bits per heavy atom. The fraction of sp³-hybridized carbons (Fsp3) is 0.417. The Balaban J connectivity index is 1.95. The van der Waals surface area contributed by atoms with Crippen LogP contribution in [0.4, 0.5) is 5.69 Å². The molecule has 0 aliphatic carbocycles. The van der Waals surface area contributed by atoms with E-state index in [0.717, 1.165) is 11.9 Å². The van der Waals surface area contributed by atoms with Gasteiger partial charge in [-0.25, -0.2) is 17.9 Å². The first-order chi connectivity index (χ1) is 14.0. The number of anilines is 1. The van der Waals surface area contributed by atoms with Gasteiger partial charge in [-0.3, -0.25) is 4.79 Å². The molecule has 0 spiro atoms. The molecule has 0 bridgehead atoms. The maximum atomic E-state index is 12.0. The summed E-state index contributed by atoms with van der Waals surface area (Å²) in [5, 5.41) is 26.2. The molecule has 1 aliphatic heterocycles. The minimum atomic E-state index is -4.06. The van der Waals surface area contributed by atoms with Crippen molar-refractivity contribution in [2.24, 2.45) is 5.14 Å². The Bertz CT molecular complexity index is 946. The lowest BCUT2D eigenvalue weighted by molar-refractivity contribution is -0.790. The van der Waals surface area contributed by atoms with Gasteiger partial charge < -0.3 is 19.7 Å². The number of hydrogen-bond donors (Lipinski definition) is 2. The van der Waals surface area contributed by atoms with Crippen LogP contribution in [0.1, 0.15) is 0 Å². The molecule has 0 saturated carbocycles. The zero-order valence-corrected chi connectivity index (χ0v) is 17.1. The van der Waals surface area contributed by atoms with Crippen molar-refractivity contribution in [2.45, 2.75) is 15.9 Å². The standard InChI is InChI=1S/C12H14ClN5O10S2/c13-8-1-9-10(2-11(8)30(14,24)25)29-16(6-15-9)3-12(19)26-4-7(28-18(22)23)5-27-17(20)21/h1-2,7,15H,3-6H2,(H2,14,24,25)/t7-/m1/s1. The van der Waals surface area contributed by atoms with E-state index in [4.69, 9.17) is 21.5 Å². The highest BCUT2D eigenvalue weighted by Crippen LogP contribution is 2.38. The van der Waals surface area contributed by atoms with E-state index >= 15 is 0 Å². The van der Waals surface area contributed by atoms with Crippen molar-refractivity contribution in [1.29, 1.82) is 0 Å². The molecule has 0 aromatic heterocycles. The van der Waals surface area contributed by atoms with Crippen LogP contribution >= 0.6 is 23.5 Å². The first-order valence-corrected chi connectivity index (χ1v) is 10.4. The second-order valence-corrected chi connectivity index (χ2v) is 8.62. The summed E-state index contributed by atoms with van der Waals surface area (Å²) in [6.45, 7) is -1.64. The Morgan fingerprint density at radius 1 is 1.33 bits per heavy atom. The summed E-state index contributed by atoms with van der Waals surface area (Å²) in [5.41, 5.74) is 0.526. The SMILES string of the molecule is NS(=O)(=O)c1cc2c(cc1Cl)NCN(CC(=O)OC[C@H](CO[N+](=O)[O-])O[N+](=O)[O-])S2. The third-order valence-electron chi connectivity index (χ3n) is 3.35. The highest BCUT2D eigenvalue weighted by molar-refractivity contribution is 7.97. The van der Waals surface area contributed by atoms with E-state index in [1.807, 2.05) is 0 Å². The van der Waals surface area contributed by atoms with E-state index in [-0.39, 0.29) is 23.1 Å². The molecule has 1 aromatic carbocycles. The van der Waals surface area contributed by atoms with Crippen molar-refractivity contribution in [3.63, 3.8) is 0 Å². The summed E-state index contributed by atoms with van der Waals surface area (Å²) in [7, 11) is -4.06. The molecule has 1 aromatic rings. The molecule has 0 radical (unpaired) electrons. The summed E-state index contributed by atoms with van der Waals surface area (Å²) >= 11 is 6.93. The number of hydrogen-bond acceptors (Lipinski definition) is 13. The monoisotopic (exact) mass is 487 g/mol. The number of primary sulfonamides is 1. The second-order valence-electron chi connectivity index (χ2n) is 5.54. The van der Waals surface area contributed by atoms with Crippen LogP contribution in [-0.2, 0) is 29.2 Å². The molecule has 2 rings (SSSR count). The van der Waals surface area contributed by atoms with Crippen LogP contribution < -0.4 is 10.5 Å². The molecule has 1 aliphatic rings.